The number of hydrogen-bond donors (Lipinski definition) is 1. The molecular weight excluding hydrogens is 386 g/mol. The van der Waals surface area contributed by atoms with Gasteiger partial charge in [0.05, 0.1) is 0 Å². The molecule has 31 heavy (non-hydrogen) atoms. The third-order valence-electron chi connectivity index (χ3n) is 7.21. The van der Waals surface area contributed by atoms with Crippen LogP contribution >= 0.6 is 0 Å². The van der Waals surface area contributed by atoms with Gasteiger partial charge in [-0.3, -0.25) is 4.90 Å². The lowest BCUT2D eigenvalue weighted by Crippen LogP contribution is -2.47. The molecule has 2 heterocycles. The quantitative estimate of drug-likeness (QED) is 0.714. The number of fused-ring (bicyclic) bond motifs is 1. The third-order valence-corrected chi connectivity index (χ3v) is 7.21. The maximum atomic E-state index is 8.98. The Hall–Kier alpha value is -2.05. The van der Waals surface area contributed by atoms with E-state index in [-0.39, 0.29) is 17.4 Å². The standard InChI is InChI=1S/C25H37N5O/c1-24(2)9-10-25(3,4)21-17-19(7-8-20(21)24)22-26-18-27-23(28-22)30-14-12-29(13-15-30)11-5-6-16-31/h7-8,17-18,31H,5-6,9-16H2,1-4H3. The monoisotopic (exact) mass is 423 g/mol. The Morgan fingerprint density at radius 3 is 2.32 bits per heavy atom. The van der Waals surface area contributed by atoms with Crippen LogP contribution in [0.1, 0.15) is 64.5 Å². The van der Waals surface area contributed by atoms with E-state index in [1.54, 1.807) is 6.33 Å². The fourth-order valence-electron chi connectivity index (χ4n) is 4.93. The maximum Gasteiger partial charge on any atom is 0.228 e. The number of aliphatic hydroxyl groups is 1. The summed E-state index contributed by atoms with van der Waals surface area (Å²) >= 11 is 0. The molecule has 6 heteroatoms. The fourth-order valence-corrected chi connectivity index (χ4v) is 4.93. The number of anilines is 1. The average molecular weight is 424 g/mol. The minimum Gasteiger partial charge on any atom is -0.396 e. The number of piperazine rings is 1. The Balaban J connectivity index is 1.52. The van der Waals surface area contributed by atoms with E-state index < -0.39 is 0 Å². The first-order chi connectivity index (χ1) is 14.8. The van der Waals surface area contributed by atoms with Crippen molar-refractivity contribution in [3.05, 3.63) is 35.7 Å². The summed E-state index contributed by atoms with van der Waals surface area (Å²) < 4.78 is 0. The van der Waals surface area contributed by atoms with Gasteiger partial charge in [0.15, 0.2) is 5.82 Å². The molecule has 1 aliphatic carbocycles. The molecule has 1 aromatic carbocycles. The van der Waals surface area contributed by atoms with Crippen molar-refractivity contribution in [2.45, 2.75) is 64.2 Å². The van der Waals surface area contributed by atoms with E-state index in [2.05, 4.69) is 65.7 Å². The van der Waals surface area contributed by atoms with Gasteiger partial charge in [-0.2, -0.15) is 4.98 Å². The van der Waals surface area contributed by atoms with E-state index in [9.17, 15) is 0 Å². The van der Waals surface area contributed by atoms with Crippen LogP contribution in [0.4, 0.5) is 5.95 Å². The van der Waals surface area contributed by atoms with Crippen LogP contribution < -0.4 is 4.90 Å². The molecule has 0 spiro atoms. The summed E-state index contributed by atoms with van der Waals surface area (Å²) in [5.74, 6) is 1.54. The lowest BCUT2D eigenvalue weighted by Gasteiger charge is -2.42. The molecule has 0 saturated carbocycles. The molecule has 1 saturated heterocycles. The van der Waals surface area contributed by atoms with Crippen molar-refractivity contribution in [3.63, 3.8) is 0 Å². The summed E-state index contributed by atoms with van der Waals surface area (Å²) in [5, 5.41) is 8.98. The second kappa shape index (κ2) is 8.83. The van der Waals surface area contributed by atoms with Crippen LogP contribution in [0.2, 0.25) is 0 Å². The third kappa shape index (κ3) is 4.75. The number of hydrogen-bond acceptors (Lipinski definition) is 6. The van der Waals surface area contributed by atoms with Crippen molar-refractivity contribution in [1.82, 2.24) is 19.9 Å². The van der Waals surface area contributed by atoms with Crippen LogP contribution in [0.25, 0.3) is 11.4 Å². The normalized spacial score (nSPS) is 20.5. The number of benzene rings is 1. The van der Waals surface area contributed by atoms with Crippen LogP contribution in [0.15, 0.2) is 24.5 Å². The topological polar surface area (TPSA) is 65.4 Å². The van der Waals surface area contributed by atoms with E-state index in [0.717, 1.165) is 62.9 Å². The summed E-state index contributed by atoms with van der Waals surface area (Å²) in [6.07, 6.45) is 6.00. The number of unbranched alkanes of at least 4 members (excludes halogenated alkanes) is 1. The van der Waals surface area contributed by atoms with E-state index >= 15 is 0 Å². The summed E-state index contributed by atoms with van der Waals surface area (Å²) in [6.45, 7) is 14.6. The van der Waals surface area contributed by atoms with Gasteiger partial charge >= 0.3 is 0 Å². The minimum atomic E-state index is 0.170. The van der Waals surface area contributed by atoms with E-state index in [0.29, 0.717) is 0 Å². The first-order valence-corrected chi connectivity index (χ1v) is 11.7. The zero-order chi connectivity index (χ0) is 22.1. The Labute approximate surface area is 186 Å². The summed E-state index contributed by atoms with van der Waals surface area (Å²) in [6, 6.07) is 6.79. The van der Waals surface area contributed by atoms with Crippen LogP contribution in [-0.4, -0.2) is 64.3 Å². The lowest BCUT2D eigenvalue weighted by atomic mass is 9.63. The highest BCUT2D eigenvalue weighted by Crippen LogP contribution is 2.46. The van der Waals surface area contributed by atoms with Gasteiger partial charge in [-0.25, -0.2) is 9.97 Å². The largest absolute Gasteiger partial charge is 0.396 e. The molecule has 0 bridgehead atoms. The fraction of sp³-hybridized carbons (Fsp3) is 0.640. The van der Waals surface area contributed by atoms with Gasteiger partial charge < -0.3 is 10.0 Å². The SMILES string of the molecule is CC1(C)CCC(C)(C)c2cc(-c3ncnc(N4CCN(CCCCO)CC4)n3)ccc21. The van der Waals surface area contributed by atoms with E-state index in [1.165, 1.54) is 24.0 Å². The highest BCUT2D eigenvalue weighted by Gasteiger charge is 2.37. The molecule has 2 aromatic rings. The number of aromatic nitrogens is 3. The van der Waals surface area contributed by atoms with Crippen molar-refractivity contribution < 1.29 is 5.11 Å². The maximum absolute atomic E-state index is 8.98. The zero-order valence-corrected chi connectivity index (χ0v) is 19.6. The Bertz CT molecular complexity index is 903. The zero-order valence-electron chi connectivity index (χ0n) is 19.6. The molecule has 2 aliphatic rings. The Morgan fingerprint density at radius 1 is 0.903 bits per heavy atom. The first kappa shape index (κ1) is 22.2. The molecule has 0 amide bonds. The first-order valence-electron chi connectivity index (χ1n) is 11.7. The van der Waals surface area contributed by atoms with Crippen LogP contribution in [-0.2, 0) is 10.8 Å². The predicted octanol–water partition coefficient (Wildman–Crippen LogP) is 3.78. The Kier molecular flexibility index (Phi) is 6.31. The van der Waals surface area contributed by atoms with Crippen molar-refractivity contribution >= 4 is 5.95 Å². The molecule has 4 rings (SSSR count). The number of aliphatic hydroxyl groups excluding tert-OH is 1. The van der Waals surface area contributed by atoms with Crippen LogP contribution in [0.5, 0.6) is 0 Å². The predicted molar refractivity (Wildman–Crippen MR) is 126 cm³/mol. The van der Waals surface area contributed by atoms with Gasteiger partial charge in [-0.05, 0) is 60.3 Å². The number of rotatable bonds is 6. The smallest absolute Gasteiger partial charge is 0.228 e. The van der Waals surface area contributed by atoms with Gasteiger partial charge in [0.1, 0.15) is 6.33 Å². The van der Waals surface area contributed by atoms with Gasteiger partial charge in [0.25, 0.3) is 0 Å². The van der Waals surface area contributed by atoms with Gasteiger partial charge in [0, 0.05) is 38.3 Å². The molecule has 1 fully saturated rings. The van der Waals surface area contributed by atoms with Gasteiger partial charge in [-0.1, -0.05) is 39.8 Å². The van der Waals surface area contributed by atoms with Crippen molar-refractivity contribution in [2.75, 3.05) is 44.2 Å². The summed E-state index contributed by atoms with van der Waals surface area (Å²) in [5.41, 5.74) is 4.35. The molecule has 6 nitrogen and oxygen atoms in total. The van der Waals surface area contributed by atoms with Crippen LogP contribution in [0.3, 0.4) is 0 Å². The second-order valence-electron chi connectivity index (χ2n) is 10.4. The highest BCUT2D eigenvalue weighted by atomic mass is 16.2. The van der Waals surface area contributed by atoms with Gasteiger partial charge in [-0.15, -0.1) is 0 Å². The molecule has 1 aromatic heterocycles. The molecule has 1 aliphatic heterocycles. The molecular formula is C25H37N5O. The molecule has 0 unspecified atom stereocenters. The lowest BCUT2D eigenvalue weighted by molar-refractivity contribution is 0.232. The number of nitrogens with zero attached hydrogens (tertiary/aromatic N) is 5. The highest BCUT2D eigenvalue weighted by molar-refractivity contribution is 5.61. The molecule has 168 valence electrons. The Morgan fingerprint density at radius 2 is 1.61 bits per heavy atom. The van der Waals surface area contributed by atoms with Gasteiger partial charge in [0.2, 0.25) is 5.95 Å². The molecule has 1 N–H and O–H groups in total. The summed E-state index contributed by atoms with van der Waals surface area (Å²) in [7, 11) is 0. The molecule has 0 radical (unpaired) electrons. The van der Waals surface area contributed by atoms with Crippen molar-refractivity contribution in [1.29, 1.82) is 0 Å². The summed E-state index contributed by atoms with van der Waals surface area (Å²) in [4.78, 5) is 18.6. The van der Waals surface area contributed by atoms with E-state index in [1.807, 2.05) is 0 Å². The second-order valence-corrected chi connectivity index (χ2v) is 10.4. The van der Waals surface area contributed by atoms with Crippen molar-refractivity contribution in [2.24, 2.45) is 0 Å². The minimum absolute atomic E-state index is 0.170. The van der Waals surface area contributed by atoms with E-state index in [4.69, 9.17) is 10.1 Å². The van der Waals surface area contributed by atoms with Crippen LogP contribution in [0, 0.1) is 0 Å². The average Bonchev–Trinajstić information content (AvgIpc) is 2.78. The molecule has 0 atom stereocenters. The van der Waals surface area contributed by atoms with Crippen molar-refractivity contribution in [3.8, 4) is 11.4 Å².